The summed E-state index contributed by atoms with van der Waals surface area (Å²) in [5, 5.41) is 2.95. The maximum Gasteiger partial charge on any atom is 0.126 e. The molecule has 0 aromatic heterocycles. The first-order chi connectivity index (χ1) is 6.22. The molecule has 13 heavy (non-hydrogen) atoms. The molecule has 0 heterocycles. The van der Waals surface area contributed by atoms with Crippen LogP contribution in [0.2, 0.25) is 0 Å². The highest BCUT2D eigenvalue weighted by atomic mass is 19.1. The normalized spacial score (nSPS) is 10.4. The Morgan fingerprint density at radius 2 is 1.77 bits per heavy atom. The lowest BCUT2D eigenvalue weighted by molar-refractivity contribution is 0.575. The molecule has 0 fully saturated rings. The van der Waals surface area contributed by atoms with Crippen LogP contribution in [-0.4, -0.2) is 13.1 Å². The van der Waals surface area contributed by atoms with E-state index < -0.39 is 11.6 Å². The Kier molecular flexibility index (Phi) is 3.79. The fourth-order valence-electron chi connectivity index (χ4n) is 1.05. The van der Waals surface area contributed by atoms with Gasteiger partial charge < -0.3 is 11.1 Å². The van der Waals surface area contributed by atoms with Crippen LogP contribution < -0.4 is 11.1 Å². The van der Waals surface area contributed by atoms with E-state index in [1.54, 1.807) is 0 Å². The summed E-state index contributed by atoms with van der Waals surface area (Å²) in [4.78, 5) is 0. The summed E-state index contributed by atoms with van der Waals surface area (Å²) >= 11 is 0. The van der Waals surface area contributed by atoms with Crippen LogP contribution in [0, 0.1) is 11.6 Å². The van der Waals surface area contributed by atoms with Crippen molar-refractivity contribution < 1.29 is 8.78 Å². The molecule has 0 bridgehead atoms. The van der Waals surface area contributed by atoms with Gasteiger partial charge in [-0.15, -0.1) is 0 Å². The van der Waals surface area contributed by atoms with Crippen molar-refractivity contribution >= 4 is 0 Å². The molecule has 0 aliphatic rings. The molecule has 0 saturated heterocycles. The first kappa shape index (κ1) is 10.1. The van der Waals surface area contributed by atoms with Crippen molar-refractivity contribution in [2.75, 3.05) is 13.1 Å². The molecule has 0 unspecified atom stereocenters. The molecule has 4 heteroatoms. The molecule has 2 nitrogen and oxygen atoms in total. The fraction of sp³-hybridized carbons (Fsp3) is 0.333. The lowest BCUT2D eigenvalue weighted by Gasteiger charge is -2.03. The molecule has 0 aliphatic heterocycles. The lowest BCUT2D eigenvalue weighted by Crippen LogP contribution is -2.21. The van der Waals surface area contributed by atoms with Gasteiger partial charge in [0, 0.05) is 25.7 Å². The van der Waals surface area contributed by atoms with Crippen LogP contribution in [-0.2, 0) is 6.54 Å². The molecule has 1 aromatic carbocycles. The van der Waals surface area contributed by atoms with E-state index in [0.29, 0.717) is 25.2 Å². The number of nitrogens with one attached hydrogen (secondary N) is 1. The molecule has 0 saturated carbocycles. The van der Waals surface area contributed by atoms with Crippen LogP contribution in [0.3, 0.4) is 0 Å². The van der Waals surface area contributed by atoms with Gasteiger partial charge in [-0.05, 0) is 17.7 Å². The summed E-state index contributed by atoms with van der Waals surface area (Å²) < 4.78 is 25.3. The van der Waals surface area contributed by atoms with Gasteiger partial charge in [-0.2, -0.15) is 0 Å². The van der Waals surface area contributed by atoms with Gasteiger partial charge in [0.1, 0.15) is 11.6 Å². The van der Waals surface area contributed by atoms with Crippen molar-refractivity contribution in [3.8, 4) is 0 Å². The third-order valence-corrected chi connectivity index (χ3v) is 1.57. The van der Waals surface area contributed by atoms with Gasteiger partial charge >= 0.3 is 0 Å². The van der Waals surface area contributed by atoms with Gasteiger partial charge in [-0.25, -0.2) is 8.78 Å². The second-order valence-corrected chi connectivity index (χ2v) is 2.74. The number of hydrogen-bond acceptors (Lipinski definition) is 2. The van der Waals surface area contributed by atoms with Gasteiger partial charge in [0.25, 0.3) is 0 Å². The Hall–Kier alpha value is -1.00. The number of rotatable bonds is 4. The molecule has 0 radical (unpaired) electrons. The second-order valence-electron chi connectivity index (χ2n) is 2.74. The van der Waals surface area contributed by atoms with E-state index in [1.807, 2.05) is 0 Å². The number of hydrogen-bond donors (Lipinski definition) is 2. The quantitative estimate of drug-likeness (QED) is 0.689. The highest BCUT2D eigenvalue weighted by molar-refractivity contribution is 5.17. The topological polar surface area (TPSA) is 38.0 Å². The van der Waals surface area contributed by atoms with Crippen molar-refractivity contribution in [2.45, 2.75) is 6.54 Å². The molecule has 0 spiro atoms. The standard InChI is InChI=1S/C9H12F2N2/c10-8-3-7(4-9(11)5-8)6-13-2-1-12/h3-5,13H,1-2,6,12H2. The van der Waals surface area contributed by atoms with Crippen molar-refractivity contribution in [1.82, 2.24) is 5.32 Å². The summed E-state index contributed by atoms with van der Waals surface area (Å²) in [6.07, 6.45) is 0. The van der Waals surface area contributed by atoms with E-state index in [-0.39, 0.29) is 0 Å². The minimum absolute atomic E-state index is 0.436. The fourth-order valence-corrected chi connectivity index (χ4v) is 1.05. The molecule has 0 aliphatic carbocycles. The lowest BCUT2D eigenvalue weighted by atomic mass is 10.2. The first-order valence-corrected chi connectivity index (χ1v) is 4.08. The van der Waals surface area contributed by atoms with E-state index in [9.17, 15) is 8.78 Å². The third kappa shape index (κ3) is 3.48. The van der Waals surface area contributed by atoms with E-state index in [0.717, 1.165) is 6.07 Å². The highest BCUT2D eigenvalue weighted by Gasteiger charge is 1.99. The van der Waals surface area contributed by atoms with E-state index in [1.165, 1.54) is 12.1 Å². The van der Waals surface area contributed by atoms with Crippen LogP contribution in [0.15, 0.2) is 18.2 Å². The van der Waals surface area contributed by atoms with Gasteiger partial charge in [0.2, 0.25) is 0 Å². The average molecular weight is 186 g/mol. The summed E-state index contributed by atoms with van der Waals surface area (Å²) in [6.45, 7) is 1.59. The Balaban J connectivity index is 2.56. The van der Waals surface area contributed by atoms with E-state index >= 15 is 0 Å². The summed E-state index contributed by atoms with van der Waals surface area (Å²) in [7, 11) is 0. The third-order valence-electron chi connectivity index (χ3n) is 1.57. The maximum atomic E-state index is 12.6. The van der Waals surface area contributed by atoms with E-state index in [2.05, 4.69) is 5.32 Å². The predicted octanol–water partition coefficient (Wildman–Crippen LogP) is 1.01. The predicted molar refractivity (Wildman–Crippen MR) is 47.1 cm³/mol. The highest BCUT2D eigenvalue weighted by Crippen LogP contribution is 2.07. The van der Waals surface area contributed by atoms with Crippen molar-refractivity contribution in [3.63, 3.8) is 0 Å². The Morgan fingerprint density at radius 1 is 1.15 bits per heavy atom. The maximum absolute atomic E-state index is 12.6. The van der Waals surface area contributed by atoms with Crippen molar-refractivity contribution in [3.05, 3.63) is 35.4 Å². The molecule has 1 aromatic rings. The Bertz CT molecular complexity index is 256. The molecule has 72 valence electrons. The van der Waals surface area contributed by atoms with Crippen LogP contribution in [0.1, 0.15) is 5.56 Å². The Labute approximate surface area is 75.7 Å². The molecule has 0 amide bonds. The van der Waals surface area contributed by atoms with Gasteiger partial charge in [0.15, 0.2) is 0 Å². The van der Waals surface area contributed by atoms with Crippen molar-refractivity contribution in [2.24, 2.45) is 5.73 Å². The van der Waals surface area contributed by atoms with Crippen LogP contribution in [0.25, 0.3) is 0 Å². The van der Waals surface area contributed by atoms with Crippen LogP contribution in [0.5, 0.6) is 0 Å². The summed E-state index contributed by atoms with van der Waals surface area (Å²) in [6, 6.07) is 3.45. The molecule has 0 atom stereocenters. The minimum Gasteiger partial charge on any atom is -0.329 e. The Morgan fingerprint density at radius 3 is 2.31 bits per heavy atom. The zero-order valence-corrected chi connectivity index (χ0v) is 7.19. The molecule has 1 rings (SSSR count). The zero-order valence-electron chi connectivity index (χ0n) is 7.19. The second kappa shape index (κ2) is 4.89. The van der Waals surface area contributed by atoms with Crippen LogP contribution in [0.4, 0.5) is 8.78 Å². The van der Waals surface area contributed by atoms with Gasteiger partial charge in [0.05, 0.1) is 0 Å². The number of nitrogens with two attached hydrogens (primary N) is 1. The van der Waals surface area contributed by atoms with Crippen LogP contribution >= 0.6 is 0 Å². The number of halogens is 2. The molecule has 3 N–H and O–H groups in total. The zero-order chi connectivity index (χ0) is 9.68. The molecular formula is C9H12F2N2. The summed E-state index contributed by atoms with van der Waals surface area (Å²) in [5.74, 6) is -1.10. The summed E-state index contributed by atoms with van der Waals surface area (Å²) in [5.41, 5.74) is 5.83. The first-order valence-electron chi connectivity index (χ1n) is 4.08. The SMILES string of the molecule is NCCNCc1cc(F)cc(F)c1. The monoisotopic (exact) mass is 186 g/mol. The largest absolute Gasteiger partial charge is 0.329 e. The number of benzene rings is 1. The van der Waals surface area contributed by atoms with Gasteiger partial charge in [-0.3, -0.25) is 0 Å². The average Bonchev–Trinajstić information content (AvgIpc) is 2.03. The molecular weight excluding hydrogens is 174 g/mol. The minimum atomic E-state index is -0.551. The van der Waals surface area contributed by atoms with E-state index in [4.69, 9.17) is 5.73 Å². The van der Waals surface area contributed by atoms with Gasteiger partial charge in [-0.1, -0.05) is 0 Å². The van der Waals surface area contributed by atoms with Crippen molar-refractivity contribution in [1.29, 1.82) is 0 Å². The smallest absolute Gasteiger partial charge is 0.126 e.